The fourth-order valence-corrected chi connectivity index (χ4v) is 4.79. The van der Waals surface area contributed by atoms with Crippen molar-refractivity contribution >= 4 is 11.6 Å². The highest BCUT2D eigenvalue weighted by Crippen LogP contribution is 2.24. The molecule has 0 spiro atoms. The molecule has 3 aromatic carbocycles. The largest absolute Gasteiger partial charge is 0.389 e. The number of nitrogens with two attached hydrogens (primary N) is 1. The molecule has 0 aliphatic heterocycles. The molecule has 39 heavy (non-hydrogen) atoms. The van der Waals surface area contributed by atoms with Crippen molar-refractivity contribution in [3.05, 3.63) is 101 Å². The van der Waals surface area contributed by atoms with Gasteiger partial charge in [0.1, 0.15) is 6.04 Å². The number of aryl methyl sites for hydroxylation is 2. The third-order valence-electron chi connectivity index (χ3n) is 7.08. The summed E-state index contributed by atoms with van der Waals surface area (Å²) in [6, 6.07) is 25.2. The fraction of sp³-hybridized carbons (Fsp3) is 0.424. The monoisotopic (exact) mass is 538 g/mol. The Balaban J connectivity index is 1.47. The molecule has 1 amide bonds. The highest BCUT2D eigenvalue weighted by molar-refractivity contribution is 5.97. The summed E-state index contributed by atoms with van der Waals surface area (Å²) < 4.78 is 36.5. The number of carbonyl (C=O) groups excluding carboxylic acids is 1. The van der Waals surface area contributed by atoms with E-state index >= 15 is 0 Å². The molecule has 2 N–H and O–H groups in total. The van der Waals surface area contributed by atoms with Gasteiger partial charge in [0.15, 0.2) is 0 Å². The van der Waals surface area contributed by atoms with E-state index in [1.54, 1.807) is 4.90 Å². The van der Waals surface area contributed by atoms with Gasteiger partial charge in [0.25, 0.3) is 0 Å². The molecule has 0 aliphatic rings. The third-order valence-corrected chi connectivity index (χ3v) is 7.08. The van der Waals surface area contributed by atoms with E-state index in [4.69, 9.17) is 5.73 Å². The number of nitrogens with zero attached hydrogens (tertiary/aromatic N) is 1. The van der Waals surface area contributed by atoms with Crippen LogP contribution in [0.5, 0.6) is 0 Å². The molecule has 1 unspecified atom stereocenters. The van der Waals surface area contributed by atoms with Crippen molar-refractivity contribution < 1.29 is 18.0 Å². The van der Waals surface area contributed by atoms with Crippen LogP contribution in [0, 0.1) is 6.92 Å². The summed E-state index contributed by atoms with van der Waals surface area (Å²) in [6.45, 7) is 2.55. The van der Waals surface area contributed by atoms with Gasteiger partial charge in [0.2, 0.25) is 5.91 Å². The number of carbonyl (C=O) groups is 1. The van der Waals surface area contributed by atoms with Crippen molar-refractivity contribution in [3.63, 3.8) is 0 Å². The van der Waals surface area contributed by atoms with Crippen LogP contribution in [0.25, 0.3) is 0 Å². The SMILES string of the molecule is Cc1cccc(N(CCc2ccc(CCCCCCCCCC(F)(F)F)cc2)C(=O)C(N)c2ccccc2)c1. The molecule has 0 fully saturated rings. The van der Waals surface area contributed by atoms with Crippen LogP contribution in [-0.2, 0) is 17.6 Å². The smallest absolute Gasteiger partial charge is 0.316 e. The van der Waals surface area contributed by atoms with Crippen molar-refractivity contribution in [2.45, 2.75) is 83.4 Å². The van der Waals surface area contributed by atoms with Crippen LogP contribution in [0.15, 0.2) is 78.9 Å². The minimum Gasteiger partial charge on any atom is -0.316 e. The van der Waals surface area contributed by atoms with E-state index in [1.165, 1.54) is 5.56 Å². The van der Waals surface area contributed by atoms with Crippen LogP contribution < -0.4 is 10.6 Å². The lowest BCUT2D eigenvalue weighted by atomic mass is 10.0. The lowest BCUT2D eigenvalue weighted by Crippen LogP contribution is -2.40. The maximum absolute atomic E-state index is 13.5. The molecule has 3 rings (SSSR count). The number of hydrogen-bond donors (Lipinski definition) is 1. The summed E-state index contributed by atoms with van der Waals surface area (Å²) >= 11 is 0. The molecule has 3 aromatic rings. The summed E-state index contributed by atoms with van der Waals surface area (Å²) in [5.41, 5.74) is 11.6. The summed E-state index contributed by atoms with van der Waals surface area (Å²) in [4.78, 5) is 15.3. The van der Waals surface area contributed by atoms with E-state index in [-0.39, 0.29) is 12.3 Å². The average molecular weight is 539 g/mol. The van der Waals surface area contributed by atoms with Crippen LogP contribution >= 0.6 is 0 Å². The van der Waals surface area contributed by atoms with E-state index in [2.05, 4.69) is 24.3 Å². The van der Waals surface area contributed by atoms with Gasteiger partial charge in [-0.25, -0.2) is 0 Å². The number of unbranched alkanes of at least 4 members (excludes halogenated alkanes) is 6. The fourth-order valence-electron chi connectivity index (χ4n) is 4.79. The molecule has 0 bridgehead atoms. The minimum absolute atomic E-state index is 0.122. The normalized spacial score (nSPS) is 12.3. The van der Waals surface area contributed by atoms with Crippen LogP contribution in [0.1, 0.15) is 79.7 Å². The summed E-state index contributed by atoms with van der Waals surface area (Å²) in [5, 5.41) is 0. The van der Waals surface area contributed by atoms with Gasteiger partial charge in [-0.1, -0.05) is 98.8 Å². The second-order valence-corrected chi connectivity index (χ2v) is 10.4. The van der Waals surface area contributed by atoms with Gasteiger partial charge in [0.05, 0.1) is 0 Å². The highest BCUT2D eigenvalue weighted by Gasteiger charge is 2.26. The van der Waals surface area contributed by atoms with Gasteiger partial charge in [-0.05, 0) is 67.0 Å². The average Bonchev–Trinajstić information content (AvgIpc) is 2.92. The van der Waals surface area contributed by atoms with Gasteiger partial charge in [-0.3, -0.25) is 4.79 Å². The molecule has 6 heteroatoms. The molecule has 0 saturated heterocycles. The van der Waals surface area contributed by atoms with Gasteiger partial charge >= 0.3 is 6.18 Å². The molecule has 0 radical (unpaired) electrons. The topological polar surface area (TPSA) is 46.3 Å². The van der Waals surface area contributed by atoms with Crippen LogP contribution in [0.2, 0.25) is 0 Å². The van der Waals surface area contributed by atoms with E-state index in [9.17, 15) is 18.0 Å². The minimum atomic E-state index is -4.02. The van der Waals surface area contributed by atoms with Crippen LogP contribution in [-0.4, -0.2) is 18.6 Å². The number of alkyl halides is 3. The molecule has 0 aliphatic carbocycles. The number of halogens is 3. The van der Waals surface area contributed by atoms with Crippen LogP contribution in [0.3, 0.4) is 0 Å². The summed E-state index contributed by atoms with van der Waals surface area (Å²) in [6.07, 6.45) is 3.05. The Bertz CT molecular complexity index is 1130. The Hall–Kier alpha value is -3.12. The van der Waals surface area contributed by atoms with Crippen molar-refractivity contribution in [3.8, 4) is 0 Å². The van der Waals surface area contributed by atoms with E-state index < -0.39 is 18.6 Å². The zero-order valence-corrected chi connectivity index (χ0v) is 22.9. The van der Waals surface area contributed by atoms with Crippen molar-refractivity contribution in [1.29, 1.82) is 0 Å². The second kappa shape index (κ2) is 15.5. The molecular formula is C33H41F3N2O. The Kier molecular flexibility index (Phi) is 12.1. The van der Waals surface area contributed by atoms with Crippen molar-refractivity contribution in [1.82, 2.24) is 0 Å². The predicted molar refractivity (Wildman–Crippen MR) is 154 cm³/mol. The standard InChI is InChI=1S/C33H41F3N2O/c1-26-13-12-17-30(25-26)38(32(39)31(37)29-15-9-7-10-16-29)24-22-28-20-18-27(19-21-28)14-8-5-3-2-4-6-11-23-33(34,35)36/h7,9-10,12-13,15-21,25,31H,2-6,8,11,14,22-24,37H2,1H3. The number of benzene rings is 3. The molecule has 210 valence electrons. The molecule has 0 heterocycles. The number of anilines is 1. The lowest BCUT2D eigenvalue weighted by molar-refractivity contribution is -0.135. The van der Waals surface area contributed by atoms with Crippen LogP contribution in [0.4, 0.5) is 18.9 Å². The Morgan fingerprint density at radius 2 is 1.36 bits per heavy atom. The van der Waals surface area contributed by atoms with E-state index in [0.717, 1.165) is 67.3 Å². The lowest BCUT2D eigenvalue weighted by Gasteiger charge is -2.26. The maximum Gasteiger partial charge on any atom is 0.389 e. The first-order valence-electron chi connectivity index (χ1n) is 14.1. The first kappa shape index (κ1) is 30.4. The first-order valence-corrected chi connectivity index (χ1v) is 14.1. The van der Waals surface area contributed by atoms with Gasteiger partial charge in [-0.15, -0.1) is 0 Å². The van der Waals surface area contributed by atoms with Crippen molar-refractivity contribution in [2.75, 3.05) is 11.4 Å². The predicted octanol–water partition coefficient (Wildman–Crippen LogP) is 8.50. The number of amides is 1. The zero-order valence-electron chi connectivity index (χ0n) is 22.9. The Labute approximate surface area is 231 Å². The molecule has 0 saturated carbocycles. The Morgan fingerprint density at radius 3 is 1.97 bits per heavy atom. The molecular weight excluding hydrogens is 497 g/mol. The van der Waals surface area contributed by atoms with Gasteiger partial charge < -0.3 is 10.6 Å². The Morgan fingerprint density at radius 1 is 0.769 bits per heavy atom. The van der Waals surface area contributed by atoms with Gasteiger partial charge in [-0.2, -0.15) is 13.2 Å². The second-order valence-electron chi connectivity index (χ2n) is 10.4. The summed E-state index contributed by atoms with van der Waals surface area (Å²) in [7, 11) is 0. The van der Waals surface area contributed by atoms with E-state index in [1.807, 2.05) is 61.5 Å². The third kappa shape index (κ3) is 10.9. The number of rotatable bonds is 15. The zero-order chi connectivity index (χ0) is 28.1. The molecule has 1 atom stereocenters. The quantitative estimate of drug-likeness (QED) is 0.197. The maximum atomic E-state index is 13.5. The van der Waals surface area contributed by atoms with Crippen molar-refractivity contribution in [2.24, 2.45) is 5.73 Å². The summed E-state index contributed by atoms with van der Waals surface area (Å²) in [5.74, 6) is -0.122. The van der Waals surface area contributed by atoms with E-state index in [0.29, 0.717) is 13.0 Å². The molecule has 3 nitrogen and oxygen atoms in total. The van der Waals surface area contributed by atoms with Gasteiger partial charge in [0, 0.05) is 18.7 Å². The highest BCUT2D eigenvalue weighted by atomic mass is 19.4. The first-order chi connectivity index (χ1) is 18.7. The number of hydrogen-bond acceptors (Lipinski definition) is 2. The molecule has 0 aromatic heterocycles.